The van der Waals surface area contributed by atoms with E-state index in [1.807, 2.05) is 29.8 Å². The Labute approximate surface area is 153 Å². The van der Waals surface area contributed by atoms with E-state index in [0.717, 1.165) is 15.9 Å². The molecule has 0 atom stereocenters. The molecule has 27 heavy (non-hydrogen) atoms. The van der Waals surface area contributed by atoms with E-state index in [4.69, 9.17) is 9.47 Å². The Balaban J connectivity index is 2.17. The third-order valence-corrected chi connectivity index (χ3v) is 4.77. The maximum atomic E-state index is 12.7. The number of imidazole rings is 2. The molecule has 0 aliphatic rings. The quantitative estimate of drug-likeness (QED) is 0.538. The van der Waals surface area contributed by atoms with Gasteiger partial charge in [0.1, 0.15) is 11.5 Å². The third kappa shape index (κ3) is 2.21. The summed E-state index contributed by atoms with van der Waals surface area (Å²) in [5.74, 6) is 1.80. The first-order valence-electron chi connectivity index (χ1n) is 8.27. The molecule has 0 saturated heterocycles. The molecule has 0 fully saturated rings. The average molecular weight is 369 g/mol. The highest BCUT2D eigenvalue weighted by molar-refractivity contribution is 5.77. The second-order valence-corrected chi connectivity index (χ2v) is 6.30. The van der Waals surface area contributed by atoms with Crippen molar-refractivity contribution < 1.29 is 9.47 Å². The Morgan fingerprint density at radius 1 is 1.04 bits per heavy atom. The summed E-state index contributed by atoms with van der Waals surface area (Å²) in [6, 6.07) is 5.45. The lowest BCUT2D eigenvalue weighted by molar-refractivity contribution is 0.401. The highest BCUT2D eigenvalue weighted by Gasteiger charge is 2.21. The monoisotopic (exact) mass is 369 g/mol. The van der Waals surface area contributed by atoms with Gasteiger partial charge in [0.2, 0.25) is 5.78 Å². The molecule has 9 heteroatoms. The molecule has 140 valence electrons. The molecule has 0 unspecified atom stereocenters. The molecule has 0 bridgehead atoms. The predicted octanol–water partition coefficient (Wildman–Crippen LogP) is 1.00. The molecule has 0 amide bonds. The number of hydrogen-bond acceptors (Lipinski definition) is 5. The lowest BCUT2D eigenvalue weighted by atomic mass is 10.2. The van der Waals surface area contributed by atoms with Gasteiger partial charge < -0.3 is 9.47 Å². The molecule has 0 aliphatic carbocycles. The van der Waals surface area contributed by atoms with Crippen molar-refractivity contribution in [2.75, 3.05) is 14.2 Å². The van der Waals surface area contributed by atoms with Crippen LogP contribution in [0.15, 0.2) is 34.0 Å². The molecule has 0 aliphatic heterocycles. The zero-order valence-electron chi connectivity index (χ0n) is 15.7. The van der Waals surface area contributed by atoms with Crippen molar-refractivity contribution in [2.24, 2.45) is 14.1 Å². The SMILES string of the molecule is COc1ccc(OC)c(-n2c(C)cn3c4c(=O)n(C)c(=O)n(C)c4nc23)c1. The first-order valence-corrected chi connectivity index (χ1v) is 8.27. The van der Waals surface area contributed by atoms with Gasteiger partial charge in [-0.05, 0) is 19.1 Å². The fraction of sp³-hybridized carbons (Fsp3) is 0.278. The molecule has 3 aromatic heterocycles. The van der Waals surface area contributed by atoms with Gasteiger partial charge in [0.15, 0.2) is 11.2 Å². The van der Waals surface area contributed by atoms with E-state index in [9.17, 15) is 9.59 Å². The van der Waals surface area contributed by atoms with Crippen molar-refractivity contribution >= 4 is 16.9 Å². The van der Waals surface area contributed by atoms with Gasteiger partial charge >= 0.3 is 5.69 Å². The summed E-state index contributed by atoms with van der Waals surface area (Å²) in [5, 5.41) is 0. The second kappa shape index (κ2) is 5.76. The molecule has 0 N–H and O–H groups in total. The summed E-state index contributed by atoms with van der Waals surface area (Å²) in [7, 11) is 6.23. The van der Waals surface area contributed by atoms with Crippen molar-refractivity contribution in [2.45, 2.75) is 6.92 Å². The van der Waals surface area contributed by atoms with Crippen LogP contribution in [0, 0.1) is 6.92 Å². The van der Waals surface area contributed by atoms with Gasteiger partial charge in [0.25, 0.3) is 5.56 Å². The van der Waals surface area contributed by atoms with Gasteiger partial charge in [-0.2, -0.15) is 4.98 Å². The fourth-order valence-electron chi connectivity index (χ4n) is 3.35. The minimum Gasteiger partial charge on any atom is -0.497 e. The van der Waals surface area contributed by atoms with Crippen LogP contribution in [-0.2, 0) is 14.1 Å². The summed E-state index contributed by atoms with van der Waals surface area (Å²) < 4.78 is 16.8. The number of aryl methyl sites for hydroxylation is 2. The second-order valence-electron chi connectivity index (χ2n) is 6.30. The molecule has 0 spiro atoms. The Hall–Kier alpha value is -3.49. The van der Waals surface area contributed by atoms with Crippen molar-refractivity contribution in [3.05, 3.63) is 50.9 Å². The van der Waals surface area contributed by atoms with Crippen LogP contribution >= 0.6 is 0 Å². The Morgan fingerprint density at radius 3 is 2.44 bits per heavy atom. The van der Waals surface area contributed by atoms with Gasteiger partial charge in [-0.1, -0.05) is 0 Å². The third-order valence-electron chi connectivity index (χ3n) is 4.77. The topological polar surface area (TPSA) is 84.7 Å². The number of ether oxygens (including phenoxy) is 2. The maximum Gasteiger partial charge on any atom is 0.332 e. The number of hydrogen-bond donors (Lipinski definition) is 0. The molecular weight excluding hydrogens is 350 g/mol. The molecule has 4 aromatic rings. The van der Waals surface area contributed by atoms with Crippen LogP contribution < -0.4 is 20.7 Å². The lowest BCUT2D eigenvalue weighted by Gasteiger charge is -2.12. The van der Waals surface area contributed by atoms with Gasteiger partial charge in [-0.15, -0.1) is 0 Å². The first kappa shape index (κ1) is 17.0. The normalized spacial score (nSPS) is 11.4. The van der Waals surface area contributed by atoms with Crippen molar-refractivity contribution in [3.63, 3.8) is 0 Å². The highest BCUT2D eigenvalue weighted by Crippen LogP contribution is 2.31. The molecule has 1 aromatic carbocycles. The van der Waals surface area contributed by atoms with E-state index in [1.54, 1.807) is 31.7 Å². The van der Waals surface area contributed by atoms with Crippen molar-refractivity contribution in [3.8, 4) is 17.2 Å². The van der Waals surface area contributed by atoms with Crippen LogP contribution in [0.4, 0.5) is 0 Å². The zero-order chi connectivity index (χ0) is 19.5. The highest BCUT2D eigenvalue weighted by atomic mass is 16.5. The van der Waals surface area contributed by atoms with E-state index in [1.165, 1.54) is 11.6 Å². The number of nitrogens with zero attached hydrogens (tertiary/aromatic N) is 5. The Bertz CT molecular complexity index is 1320. The summed E-state index contributed by atoms with van der Waals surface area (Å²) in [6.45, 7) is 1.91. The first-order chi connectivity index (χ1) is 12.9. The van der Waals surface area contributed by atoms with Gasteiger partial charge in [0, 0.05) is 32.1 Å². The molecule has 9 nitrogen and oxygen atoms in total. The Kier molecular flexibility index (Phi) is 3.62. The largest absolute Gasteiger partial charge is 0.497 e. The van der Waals surface area contributed by atoms with E-state index >= 15 is 0 Å². The summed E-state index contributed by atoms with van der Waals surface area (Å²) >= 11 is 0. The smallest absolute Gasteiger partial charge is 0.332 e. The summed E-state index contributed by atoms with van der Waals surface area (Å²) in [5.41, 5.74) is 1.43. The molecule has 0 saturated carbocycles. The number of aromatic nitrogens is 5. The van der Waals surface area contributed by atoms with Crippen LogP contribution in [0.3, 0.4) is 0 Å². The maximum absolute atomic E-state index is 12.7. The van der Waals surface area contributed by atoms with E-state index < -0.39 is 11.2 Å². The minimum atomic E-state index is -0.421. The van der Waals surface area contributed by atoms with E-state index in [2.05, 4.69) is 4.98 Å². The molecule has 4 rings (SSSR count). The molecule has 0 radical (unpaired) electrons. The molecule has 3 heterocycles. The van der Waals surface area contributed by atoms with Crippen LogP contribution in [0.1, 0.15) is 5.69 Å². The van der Waals surface area contributed by atoms with Crippen molar-refractivity contribution in [1.29, 1.82) is 0 Å². The standard InChI is InChI=1S/C18H19N5O4/c1-10-9-22-14-15(20(2)18(25)21(3)16(14)24)19-17(22)23(10)12-8-11(26-4)6-7-13(12)27-5/h6-9H,1-5H3. The summed E-state index contributed by atoms with van der Waals surface area (Å²) in [4.78, 5) is 29.5. The van der Waals surface area contributed by atoms with Gasteiger partial charge in [-0.25, -0.2) is 4.79 Å². The fourth-order valence-corrected chi connectivity index (χ4v) is 3.35. The van der Waals surface area contributed by atoms with Gasteiger partial charge in [0.05, 0.1) is 19.9 Å². The van der Waals surface area contributed by atoms with Crippen LogP contribution in [0.5, 0.6) is 11.5 Å². The van der Waals surface area contributed by atoms with E-state index in [0.29, 0.717) is 28.4 Å². The van der Waals surface area contributed by atoms with Crippen LogP contribution in [0.25, 0.3) is 22.6 Å². The molecular formula is C18H19N5O4. The van der Waals surface area contributed by atoms with Gasteiger partial charge in [-0.3, -0.25) is 22.9 Å². The number of methoxy groups -OCH3 is 2. The Morgan fingerprint density at radius 2 is 1.78 bits per heavy atom. The number of benzene rings is 1. The van der Waals surface area contributed by atoms with E-state index in [-0.39, 0.29) is 0 Å². The summed E-state index contributed by atoms with van der Waals surface area (Å²) in [6.07, 6.45) is 1.81. The lowest BCUT2D eigenvalue weighted by Crippen LogP contribution is -2.37. The van der Waals surface area contributed by atoms with Crippen molar-refractivity contribution in [1.82, 2.24) is 23.1 Å². The zero-order valence-corrected chi connectivity index (χ0v) is 15.7. The predicted molar refractivity (Wildman–Crippen MR) is 100 cm³/mol. The van der Waals surface area contributed by atoms with Crippen LogP contribution in [0.2, 0.25) is 0 Å². The number of fused-ring (bicyclic) bond motifs is 3. The minimum absolute atomic E-state index is 0.328. The van der Waals surface area contributed by atoms with Crippen LogP contribution in [-0.4, -0.2) is 37.3 Å². The average Bonchev–Trinajstić information content (AvgIpc) is 3.18. The number of rotatable bonds is 3.